The second-order valence-electron chi connectivity index (χ2n) is 6.49. The Labute approximate surface area is 139 Å². The number of para-hydroxylation sites is 1. The van der Waals surface area contributed by atoms with Gasteiger partial charge in [0.1, 0.15) is 5.75 Å². The molecule has 0 saturated carbocycles. The van der Waals surface area contributed by atoms with Gasteiger partial charge in [-0.3, -0.25) is 9.69 Å². The number of benzene rings is 1. The van der Waals surface area contributed by atoms with Crippen molar-refractivity contribution in [2.45, 2.75) is 19.4 Å². The summed E-state index contributed by atoms with van der Waals surface area (Å²) in [5.74, 6) is 0.931. The van der Waals surface area contributed by atoms with Crippen LogP contribution < -0.4 is 10.1 Å². The largest absolute Gasteiger partial charge is 0.494 e. The summed E-state index contributed by atoms with van der Waals surface area (Å²) in [4.78, 5) is 16.9. The first-order chi connectivity index (χ1) is 11.1. The second kappa shape index (κ2) is 8.89. The maximum atomic E-state index is 12.2. The van der Waals surface area contributed by atoms with Crippen molar-refractivity contribution in [1.82, 2.24) is 15.1 Å². The molecule has 1 aromatic carbocycles. The SMILES string of the molecule is CC(CCOc1ccccc1)C(=O)NCC1CN(C)CCN1C. The number of amides is 1. The molecular formula is C18H29N3O2. The normalized spacial score (nSPS) is 20.9. The first-order valence-corrected chi connectivity index (χ1v) is 8.40. The average Bonchev–Trinajstić information content (AvgIpc) is 2.56. The van der Waals surface area contributed by atoms with E-state index in [4.69, 9.17) is 4.74 Å². The van der Waals surface area contributed by atoms with E-state index in [9.17, 15) is 4.79 Å². The van der Waals surface area contributed by atoms with Gasteiger partial charge in [-0.05, 0) is 32.6 Å². The van der Waals surface area contributed by atoms with E-state index in [0.717, 1.165) is 31.8 Å². The molecule has 0 aromatic heterocycles. The van der Waals surface area contributed by atoms with Crippen LogP contribution in [0.15, 0.2) is 30.3 Å². The van der Waals surface area contributed by atoms with E-state index < -0.39 is 0 Å². The van der Waals surface area contributed by atoms with Gasteiger partial charge >= 0.3 is 0 Å². The fraction of sp³-hybridized carbons (Fsp3) is 0.611. The molecule has 1 fully saturated rings. The monoisotopic (exact) mass is 319 g/mol. The number of nitrogens with one attached hydrogen (secondary N) is 1. The lowest BCUT2D eigenvalue weighted by molar-refractivity contribution is -0.125. The van der Waals surface area contributed by atoms with Crippen LogP contribution >= 0.6 is 0 Å². The van der Waals surface area contributed by atoms with Crippen molar-refractivity contribution >= 4 is 5.91 Å². The third-order valence-electron chi connectivity index (χ3n) is 4.50. The lowest BCUT2D eigenvalue weighted by Gasteiger charge is -2.37. The number of hydrogen-bond donors (Lipinski definition) is 1. The summed E-state index contributed by atoms with van der Waals surface area (Å²) >= 11 is 0. The highest BCUT2D eigenvalue weighted by Crippen LogP contribution is 2.11. The molecule has 0 radical (unpaired) electrons. The fourth-order valence-electron chi connectivity index (χ4n) is 2.72. The van der Waals surface area contributed by atoms with Crippen molar-refractivity contribution in [3.05, 3.63) is 30.3 Å². The van der Waals surface area contributed by atoms with Gasteiger partial charge in [-0.25, -0.2) is 0 Å². The molecule has 2 unspecified atom stereocenters. The number of likely N-dealkylation sites (N-methyl/N-ethyl adjacent to an activating group) is 2. The van der Waals surface area contributed by atoms with E-state index in [0.29, 0.717) is 19.2 Å². The van der Waals surface area contributed by atoms with Crippen LogP contribution in [0.5, 0.6) is 5.75 Å². The molecule has 0 aliphatic carbocycles. The molecule has 1 aliphatic heterocycles. The highest BCUT2D eigenvalue weighted by atomic mass is 16.5. The van der Waals surface area contributed by atoms with Crippen LogP contribution in [0.2, 0.25) is 0 Å². The van der Waals surface area contributed by atoms with Crippen molar-refractivity contribution in [2.24, 2.45) is 5.92 Å². The Morgan fingerprint density at radius 2 is 2.04 bits per heavy atom. The number of carbonyl (C=O) groups excluding carboxylic acids is 1. The molecule has 1 amide bonds. The van der Waals surface area contributed by atoms with Crippen LogP contribution in [0, 0.1) is 5.92 Å². The van der Waals surface area contributed by atoms with Crippen molar-refractivity contribution in [2.75, 3.05) is 46.9 Å². The van der Waals surface area contributed by atoms with Gasteiger partial charge in [0.2, 0.25) is 5.91 Å². The van der Waals surface area contributed by atoms with E-state index in [1.54, 1.807) is 0 Å². The lowest BCUT2D eigenvalue weighted by Crippen LogP contribution is -2.54. The number of carbonyl (C=O) groups is 1. The number of rotatable bonds is 7. The van der Waals surface area contributed by atoms with Crippen LogP contribution in [0.25, 0.3) is 0 Å². The minimum atomic E-state index is -0.0367. The number of hydrogen-bond acceptors (Lipinski definition) is 4. The summed E-state index contributed by atoms with van der Waals surface area (Å²) in [7, 11) is 4.26. The van der Waals surface area contributed by atoms with Crippen molar-refractivity contribution in [1.29, 1.82) is 0 Å². The van der Waals surface area contributed by atoms with Gasteiger partial charge in [0.15, 0.2) is 0 Å². The van der Waals surface area contributed by atoms with Crippen LogP contribution in [0.1, 0.15) is 13.3 Å². The molecule has 128 valence electrons. The van der Waals surface area contributed by atoms with Crippen LogP contribution in [-0.2, 0) is 4.79 Å². The Balaban J connectivity index is 1.66. The van der Waals surface area contributed by atoms with E-state index >= 15 is 0 Å². The first kappa shape index (κ1) is 17.8. The van der Waals surface area contributed by atoms with Gasteiger partial charge in [0, 0.05) is 38.1 Å². The van der Waals surface area contributed by atoms with E-state index in [2.05, 4.69) is 29.2 Å². The Morgan fingerprint density at radius 1 is 1.30 bits per heavy atom. The molecule has 5 heteroatoms. The maximum absolute atomic E-state index is 12.2. The van der Waals surface area contributed by atoms with Gasteiger partial charge in [0.05, 0.1) is 6.61 Å². The van der Waals surface area contributed by atoms with Gasteiger partial charge in [-0.2, -0.15) is 0 Å². The standard InChI is InChI=1S/C18H29N3O2/c1-15(9-12-23-17-7-5-4-6-8-17)18(22)19-13-16-14-20(2)10-11-21(16)3/h4-8,15-16H,9-14H2,1-3H3,(H,19,22). The van der Waals surface area contributed by atoms with Gasteiger partial charge in [0.25, 0.3) is 0 Å². The molecule has 2 atom stereocenters. The van der Waals surface area contributed by atoms with Crippen LogP contribution in [0.4, 0.5) is 0 Å². The predicted molar refractivity (Wildman–Crippen MR) is 92.6 cm³/mol. The summed E-state index contributed by atoms with van der Waals surface area (Å²) in [6.07, 6.45) is 0.723. The summed E-state index contributed by atoms with van der Waals surface area (Å²) in [5, 5.41) is 3.09. The molecule has 0 spiro atoms. The van der Waals surface area contributed by atoms with E-state index in [-0.39, 0.29) is 11.8 Å². The molecule has 0 bridgehead atoms. The quantitative estimate of drug-likeness (QED) is 0.826. The maximum Gasteiger partial charge on any atom is 0.223 e. The minimum absolute atomic E-state index is 0.0367. The van der Waals surface area contributed by atoms with Crippen LogP contribution in [0.3, 0.4) is 0 Å². The van der Waals surface area contributed by atoms with Crippen molar-refractivity contribution in [3.8, 4) is 5.75 Å². The zero-order valence-electron chi connectivity index (χ0n) is 14.5. The fourth-order valence-corrected chi connectivity index (χ4v) is 2.72. The zero-order chi connectivity index (χ0) is 16.7. The highest BCUT2D eigenvalue weighted by molar-refractivity contribution is 5.78. The van der Waals surface area contributed by atoms with Gasteiger partial charge < -0.3 is 15.0 Å². The molecule has 1 N–H and O–H groups in total. The molecule has 1 heterocycles. The van der Waals surface area contributed by atoms with Crippen molar-refractivity contribution < 1.29 is 9.53 Å². The summed E-state index contributed by atoms with van der Waals surface area (Å²) in [5.41, 5.74) is 0. The Bertz CT molecular complexity index is 480. The van der Waals surface area contributed by atoms with Gasteiger partial charge in [-0.15, -0.1) is 0 Å². The molecule has 1 saturated heterocycles. The van der Waals surface area contributed by atoms with Gasteiger partial charge in [-0.1, -0.05) is 25.1 Å². The Hall–Kier alpha value is -1.59. The Morgan fingerprint density at radius 3 is 2.78 bits per heavy atom. The third kappa shape index (κ3) is 5.84. The van der Waals surface area contributed by atoms with E-state index in [1.807, 2.05) is 37.3 Å². The zero-order valence-corrected chi connectivity index (χ0v) is 14.5. The molecule has 5 nitrogen and oxygen atoms in total. The molecular weight excluding hydrogens is 290 g/mol. The molecule has 1 aliphatic rings. The third-order valence-corrected chi connectivity index (χ3v) is 4.50. The number of nitrogens with zero attached hydrogens (tertiary/aromatic N) is 2. The predicted octanol–water partition coefficient (Wildman–Crippen LogP) is 1.45. The molecule has 2 rings (SSSR count). The number of ether oxygens (including phenoxy) is 1. The molecule has 23 heavy (non-hydrogen) atoms. The van der Waals surface area contributed by atoms with Crippen molar-refractivity contribution in [3.63, 3.8) is 0 Å². The molecule has 1 aromatic rings. The summed E-state index contributed by atoms with van der Waals surface area (Å²) < 4.78 is 5.66. The summed E-state index contributed by atoms with van der Waals surface area (Å²) in [6, 6.07) is 10.1. The smallest absolute Gasteiger partial charge is 0.223 e. The van der Waals surface area contributed by atoms with Crippen LogP contribution in [-0.4, -0.2) is 68.6 Å². The first-order valence-electron chi connectivity index (χ1n) is 8.40. The van der Waals surface area contributed by atoms with E-state index in [1.165, 1.54) is 0 Å². The second-order valence-corrected chi connectivity index (χ2v) is 6.49. The number of piperazine rings is 1. The average molecular weight is 319 g/mol. The summed E-state index contributed by atoms with van der Waals surface area (Å²) in [6.45, 7) is 6.38. The topological polar surface area (TPSA) is 44.8 Å². The Kier molecular flexibility index (Phi) is 6.86. The highest BCUT2D eigenvalue weighted by Gasteiger charge is 2.23. The minimum Gasteiger partial charge on any atom is -0.494 e. The lowest BCUT2D eigenvalue weighted by atomic mass is 10.1.